The molecule has 1 rings (SSSR count). The van der Waals surface area contributed by atoms with Gasteiger partial charge < -0.3 is 4.84 Å². The molecule has 64 valence electrons. The van der Waals surface area contributed by atoms with Gasteiger partial charge in [0, 0.05) is 0 Å². The molecule has 0 radical (unpaired) electrons. The first-order chi connectivity index (χ1) is 5.84. The number of hydrogen-bond acceptors (Lipinski definition) is 3. The molecular formula is C8H8NNaO3. The first-order valence-electron chi connectivity index (χ1n) is 3.30. The van der Waals surface area contributed by atoms with Crippen LogP contribution in [0.2, 0.25) is 0 Å². The molecule has 0 unspecified atom stereocenters. The zero-order valence-corrected chi connectivity index (χ0v) is 6.19. The van der Waals surface area contributed by atoms with Crippen LogP contribution in [0.25, 0.3) is 0 Å². The average Bonchev–Trinajstić information content (AvgIpc) is 2.15. The minimum absolute atomic E-state index is 0. The standard InChI is InChI=1S/C8H7NO3.Na.H/c10-6-9-12-8(11)7-4-2-1-3-5-7;;/h1-6H,(H,9,10);;. The molecule has 1 amide bonds. The zero-order valence-electron chi connectivity index (χ0n) is 6.19. The van der Waals surface area contributed by atoms with Crippen LogP contribution in [-0.2, 0) is 9.63 Å². The van der Waals surface area contributed by atoms with Crippen molar-refractivity contribution in [1.82, 2.24) is 5.48 Å². The van der Waals surface area contributed by atoms with Crippen LogP contribution in [0.15, 0.2) is 30.3 Å². The molecular weight excluding hydrogens is 181 g/mol. The Hall–Kier alpha value is -0.840. The van der Waals surface area contributed by atoms with Crippen LogP contribution >= 0.6 is 0 Å². The Kier molecular flexibility index (Phi) is 6.22. The molecule has 0 saturated heterocycles. The van der Waals surface area contributed by atoms with E-state index in [4.69, 9.17) is 0 Å². The van der Waals surface area contributed by atoms with Crippen molar-refractivity contribution in [2.75, 3.05) is 0 Å². The number of hydroxylamine groups is 1. The van der Waals surface area contributed by atoms with Gasteiger partial charge in [-0.2, -0.15) is 5.48 Å². The molecule has 0 heterocycles. The summed E-state index contributed by atoms with van der Waals surface area (Å²) < 4.78 is 0. The molecule has 0 atom stereocenters. The van der Waals surface area contributed by atoms with E-state index in [9.17, 15) is 9.59 Å². The van der Waals surface area contributed by atoms with Crippen molar-refractivity contribution >= 4 is 41.9 Å². The van der Waals surface area contributed by atoms with Crippen molar-refractivity contribution in [3.05, 3.63) is 35.9 Å². The Morgan fingerprint density at radius 2 is 1.92 bits per heavy atom. The normalized spacial score (nSPS) is 8.00. The predicted molar refractivity (Wildman–Crippen MR) is 48.2 cm³/mol. The predicted octanol–water partition coefficient (Wildman–Crippen LogP) is -0.144. The number of carbonyl (C=O) groups is 2. The van der Waals surface area contributed by atoms with E-state index >= 15 is 0 Å². The average molecular weight is 189 g/mol. The second kappa shape index (κ2) is 6.65. The maximum atomic E-state index is 11.0. The Labute approximate surface area is 97.5 Å². The first kappa shape index (κ1) is 12.2. The summed E-state index contributed by atoms with van der Waals surface area (Å²) >= 11 is 0. The van der Waals surface area contributed by atoms with Crippen LogP contribution in [0.4, 0.5) is 0 Å². The van der Waals surface area contributed by atoms with Gasteiger partial charge in [-0.05, 0) is 12.1 Å². The van der Waals surface area contributed by atoms with Crippen LogP contribution in [0.5, 0.6) is 0 Å². The molecule has 0 spiro atoms. The van der Waals surface area contributed by atoms with Gasteiger partial charge in [-0.1, -0.05) is 18.2 Å². The van der Waals surface area contributed by atoms with Gasteiger partial charge in [0.2, 0.25) is 6.41 Å². The third-order valence-corrected chi connectivity index (χ3v) is 1.21. The summed E-state index contributed by atoms with van der Waals surface area (Å²) in [7, 11) is 0. The number of benzene rings is 1. The third-order valence-electron chi connectivity index (χ3n) is 1.21. The van der Waals surface area contributed by atoms with Crippen molar-refractivity contribution in [2.45, 2.75) is 0 Å². The molecule has 0 bridgehead atoms. The van der Waals surface area contributed by atoms with Crippen LogP contribution < -0.4 is 5.48 Å². The molecule has 0 aliphatic rings. The number of nitrogens with one attached hydrogen (secondary N) is 1. The van der Waals surface area contributed by atoms with Crippen molar-refractivity contribution in [3.63, 3.8) is 0 Å². The fourth-order valence-corrected chi connectivity index (χ4v) is 0.711. The molecule has 0 aromatic heterocycles. The van der Waals surface area contributed by atoms with Crippen LogP contribution in [0, 0.1) is 0 Å². The number of carbonyl (C=O) groups excluding carboxylic acids is 2. The molecule has 0 aliphatic heterocycles. The van der Waals surface area contributed by atoms with Gasteiger partial charge in [0.1, 0.15) is 0 Å². The molecule has 0 fully saturated rings. The van der Waals surface area contributed by atoms with E-state index in [0.717, 1.165) is 0 Å². The van der Waals surface area contributed by atoms with E-state index in [1.165, 1.54) is 0 Å². The van der Waals surface area contributed by atoms with E-state index in [1.807, 2.05) is 5.48 Å². The van der Waals surface area contributed by atoms with Crippen molar-refractivity contribution < 1.29 is 14.4 Å². The SMILES string of the molecule is O=CNOC(=O)c1ccccc1.[NaH]. The Balaban J connectivity index is 0.00000144. The molecule has 1 N–H and O–H groups in total. The quantitative estimate of drug-likeness (QED) is 0.409. The maximum absolute atomic E-state index is 11.0. The summed E-state index contributed by atoms with van der Waals surface area (Å²) in [5, 5.41) is 0. The van der Waals surface area contributed by atoms with Gasteiger partial charge in [0.15, 0.2) is 0 Å². The van der Waals surface area contributed by atoms with E-state index in [1.54, 1.807) is 30.3 Å². The number of amides is 1. The molecule has 1 aromatic carbocycles. The topological polar surface area (TPSA) is 55.4 Å². The van der Waals surface area contributed by atoms with Gasteiger partial charge in [-0.3, -0.25) is 4.79 Å². The van der Waals surface area contributed by atoms with E-state index < -0.39 is 5.97 Å². The van der Waals surface area contributed by atoms with Gasteiger partial charge in [-0.25, -0.2) is 4.79 Å². The summed E-state index contributed by atoms with van der Waals surface area (Å²) in [5.41, 5.74) is 2.21. The van der Waals surface area contributed by atoms with E-state index in [2.05, 4.69) is 4.84 Å². The second-order valence-corrected chi connectivity index (χ2v) is 1.99. The van der Waals surface area contributed by atoms with E-state index in [-0.39, 0.29) is 29.6 Å². The van der Waals surface area contributed by atoms with Crippen LogP contribution in [0.3, 0.4) is 0 Å². The summed E-state index contributed by atoms with van der Waals surface area (Å²) in [6, 6.07) is 8.38. The van der Waals surface area contributed by atoms with Crippen LogP contribution in [-0.4, -0.2) is 41.9 Å². The molecule has 13 heavy (non-hydrogen) atoms. The fourth-order valence-electron chi connectivity index (χ4n) is 0.711. The Bertz CT molecular complexity index is 276. The molecule has 0 aliphatic carbocycles. The van der Waals surface area contributed by atoms with Crippen molar-refractivity contribution in [3.8, 4) is 0 Å². The monoisotopic (exact) mass is 189 g/mol. The minimum atomic E-state index is -0.581. The van der Waals surface area contributed by atoms with Crippen molar-refractivity contribution in [2.24, 2.45) is 0 Å². The molecule has 4 nitrogen and oxygen atoms in total. The second-order valence-electron chi connectivity index (χ2n) is 1.99. The van der Waals surface area contributed by atoms with Gasteiger partial charge in [0.25, 0.3) is 0 Å². The van der Waals surface area contributed by atoms with Crippen LogP contribution in [0.1, 0.15) is 10.4 Å². The van der Waals surface area contributed by atoms with E-state index in [0.29, 0.717) is 12.0 Å². The summed E-state index contributed by atoms with van der Waals surface area (Å²) in [6.45, 7) is 0. The third kappa shape index (κ3) is 4.07. The van der Waals surface area contributed by atoms with Gasteiger partial charge in [0.05, 0.1) is 5.56 Å². The Morgan fingerprint density at radius 1 is 1.31 bits per heavy atom. The summed E-state index contributed by atoms with van der Waals surface area (Å²) in [6.07, 6.45) is 0.292. The summed E-state index contributed by atoms with van der Waals surface area (Å²) in [5.74, 6) is -0.581. The number of hydrogen-bond donors (Lipinski definition) is 1. The van der Waals surface area contributed by atoms with Crippen molar-refractivity contribution in [1.29, 1.82) is 0 Å². The molecule has 0 saturated carbocycles. The summed E-state index contributed by atoms with van der Waals surface area (Å²) in [4.78, 5) is 25.0. The first-order valence-corrected chi connectivity index (χ1v) is 3.30. The molecule has 5 heteroatoms. The number of rotatable bonds is 3. The van der Waals surface area contributed by atoms with Gasteiger partial charge >= 0.3 is 35.5 Å². The zero-order chi connectivity index (χ0) is 8.81. The fraction of sp³-hybridized carbons (Fsp3) is 0. The molecule has 1 aromatic rings. The Morgan fingerprint density at radius 3 is 2.46 bits per heavy atom. The van der Waals surface area contributed by atoms with Gasteiger partial charge in [-0.15, -0.1) is 0 Å².